The molecule has 5 rings (SSSR count). The maximum atomic E-state index is 13.1. The Morgan fingerprint density at radius 2 is 1.84 bits per heavy atom. The zero-order chi connectivity index (χ0) is 21.4. The molecule has 0 radical (unpaired) electrons. The molecule has 0 bridgehead atoms. The molecular weight excluding hydrogens is 412 g/mol. The molecule has 1 amide bonds. The number of piperazine rings is 1. The Hall–Kier alpha value is -3.53. The largest absolute Gasteiger partial charge is 0.353 e. The first-order valence-corrected chi connectivity index (χ1v) is 10.9. The SMILES string of the molecule is Cc1ccn(-c2cc(N3CCN(C(=O)c4cc(-c5cccs5)nn4C)CC3)ncn2)n1. The summed E-state index contributed by atoms with van der Waals surface area (Å²) in [5, 5.41) is 10.9. The summed E-state index contributed by atoms with van der Waals surface area (Å²) < 4.78 is 3.42. The van der Waals surface area contributed by atoms with Crippen LogP contribution in [-0.2, 0) is 7.05 Å². The van der Waals surface area contributed by atoms with Gasteiger partial charge in [0.15, 0.2) is 5.82 Å². The highest BCUT2D eigenvalue weighted by molar-refractivity contribution is 7.13. The number of hydrogen-bond donors (Lipinski definition) is 0. The van der Waals surface area contributed by atoms with E-state index in [4.69, 9.17) is 0 Å². The number of aryl methyl sites for hydroxylation is 2. The number of aromatic nitrogens is 6. The van der Waals surface area contributed by atoms with Crippen molar-refractivity contribution in [2.24, 2.45) is 7.05 Å². The molecule has 0 atom stereocenters. The van der Waals surface area contributed by atoms with Gasteiger partial charge in [-0.05, 0) is 30.5 Å². The quantitative estimate of drug-likeness (QED) is 0.490. The van der Waals surface area contributed by atoms with Crippen molar-refractivity contribution in [3.05, 3.63) is 59.6 Å². The third kappa shape index (κ3) is 3.81. The topological polar surface area (TPSA) is 85.0 Å². The van der Waals surface area contributed by atoms with Crippen LogP contribution < -0.4 is 4.90 Å². The molecule has 1 saturated heterocycles. The van der Waals surface area contributed by atoms with Crippen molar-refractivity contribution in [3.8, 4) is 16.4 Å². The Kier molecular flexibility index (Phi) is 4.99. The van der Waals surface area contributed by atoms with Gasteiger partial charge in [-0.3, -0.25) is 9.48 Å². The van der Waals surface area contributed by atoms with E-state index >= 15 is 0 Å². The summed E-state index contributed by atoms with van der Waals surface area (Å²) in [4.78, 5) is 27.0. The second-order valence-corrected chi connectivity index (χ2v) is 8.38. The van der Waals surface area contributed by atoms with Crippen molar-refractivity contribution in [1.29, 1.82) is 0 Å². The van der Waals surface area contributed by atoms with Crippen LogP contribution in [0.25, 0.3) is 16.4 Å². The van der Waals surface area contributed by atoms with Gasteiger partial charge in [-0.15, -0.1) is 11.3 Å². The van der Waals surface area contributed by atoms with Gasteiger partial charge < -0.3 is 9.80 Å². The first-order valence-electron chi connectivity index (χ1n) is 10.1. The summed E-state index contributed by atoms with van der Waals surface area (Å²) in [7, 11) is 1.82. The Morgan fingerprint density at radius 3 is 2.55 bits per heavy atom. The van der Waals surface area contributed by atoms with Crippen molar-refractivity contribution in [2.75, 3.05) is 31.1 Å². The van der Waals surface area contributed by atoms with Gasteiger partial charge >= 0.3 is 0 Å². The Bertz CT molecular complexity index is 1200. The predicted octanol–water partition coefficient (Wildman–Crippen LogP) is 2.40. The lowest BCUT2D eigenvalue weighted by Gasteiger charge is -2.35. The fourth-order valence-electron chi connectivity index (χ4n) is 3.69. The molecule has 0 unspecified atom stereocenters. The fourth-order valence-corrected chi connectivity index (χ4v) is 4.37. The van der Waals surface area contributed by atoms with Gasteiger partial charge in [0.05, 0.1) is 10.6 Å². The Labute approximate surface area is 183 Å². The van der Waals surface area contributed by atoms with Crippen LogP contribution in [0.5, 0.6) is 0 Å². The van der Waals surface area contributed by atoms with Crippen LogP contribution in [0.2, 0.25) is 0 Å². The van der Waals surface area contributed by atoms with E-state index in [0.29, 0.717) is 31.9 Å². The second-order valence-electron chi connectivity index (χ2n) is 7.43. The summed E-state index contributed by atoms with van der Waals surface area (Å²) in [5.74, 6) is 1.58. The highest BCUT2D eigenvalue weighted by atomic mass is 32.1. The summed E-state index contributed by atoms with van der Waals surface area (Å²) in [6.45, 7) is 4.60. The lowest BCUT2D eigenvalue weighted by atomic mass is 10.2. The molecule has 31 heavy (non-hydrogen) atoms. The molecule has 1 aliphatic heterocycles. The second kappa shape index (κ2) is 7.95. The van der Waals surface area contributed by atoms with E-state index in [-0.39, 0.29) is 5.91 Å². The van der Waals surface area contributed by atoms with Crippen LogP contribution >= 0.6 is 11.3 Å². The zero-order valence-electron chi connectivity index (χ0n) is 17.3. The molecule has 1 fully saturated rings. The van der Waals surface area contributed by atoms with Gasteiger partial charge in [-0.2, -0.15) is 10.2 Å². The number of hydrogen-bond acceptors (Lipinski definition) is 7. The number of anilines is 1. The fraction of sp³-hybridized carbons (Fsp3) is 0.286. The highest BCUT2D eigenvalue weighted by Crippen LogP contribution is 2.25. The van der Waals surface area contributed by atoms with Gasteiger partial charge in [0.25, 0.3) is 5.91 Å². The molecule has 9 nitrogen and oxygen atoms in total. The van der Waals surface area contributed by atoms with E-state index in [1.54, 1.807) is 27.0 Å². The van der Waals surface area contributed by atoms with Crippen molar-refractivity contribution >= 4 is 23.1 Å². The minimum atomic E-state index is 0.00727. The maximum absolute atomic E-state index is 13.1. The van der Waals surface area contributed by atoms with Gasteiger partial charge in [-0.25, -0.2) is 14.6 Å². The monoisotopic (exact) mass is 434 g/mol. The maximum Gasteiger partial charge on any atom is 0.272 e. The molecule has 5 heterocycles. The van der Waals surface area contributed by atoms with Crippen LogP contribution in [0, 0.1) is 6.92 Å². The van der Waals surface area contributed by atoms with Crippen molar-refractivity contribution in [3.63, 3.8) is 0 Å². The normalized spacial score (nSPS) is 14.3. The molecule has 4 aromatic heterocycles. The first-order chi connectivity index (χ1) is 15.1. The standard InChI is InChI=1S/C21H22N8OS/c1-15-5-6-29(24-15)20-13-19(22-14-23-20)27-7-9-28(10-8-27)21(30)17-12-16(25-26(17)2)18-4-3-11-31-18/h3-6,11-14H,7-10H2,1-2H3. The third-order valence-corrected chi connectivity index (χ3v) is 6.25. The smallest absolute Gasteiger partial charge is 0.272 e. The molecule has 0 aliphatic carbocycles. The van der Waals surface area contributed by atoms with Gasteiger partial charge in [0.1, 0.15) is 23.5 Å². The first kappa shape index (κ1) is 19.4. The predicted molar refractivity (Wildman–Crippen MR) is 119 cm³/mol. The minimum Gasteiger partial charge on any atom is -0.353 e. The Balaban J connectivity index is 1.27. The molecular formula is C21H22N8OS. The number of amides is 1. The molecule has 0 saturated carbocycles. The summed E-state index contributed by atoms with van der Waals surface area (Å²) in [6.07, 6.45) is 3.44. The summed E-state index contributed by atoms with van der Waals surface area (Å²) in [5.41, 5.74) is 2.38. The molecule has 4 aromatic rings. The van der Waals surface area contributed by atoms with Gasteiger partial charge in [-0.1, -0.05) is 6.07 Å². The molecule has 0 N–H and O–H groups in total. The van der Waals surface area contributed by atoms with E-state index in [0.717, 1.165) is 27.9 Å². The van der Waals surface area contributed by atoms with Crippen LogP contribution in [0.1, 0.15) is 16.2 Å². The molecule has 0 aromatic carbocycles. The van der Waals surface area contributed by atoms with Crippen LogP contribution in [-0.4, -0.2) is 66.5 Å². The van der Waals surface area contributed by atoms with Crippen LogP contribution in [0.3, 0.4) is 0 Å². The molecule has 10 heteroatoms. The number of nitrogens with zero attached hydrogens (tertiary/aromatic N) is 8. The van der Waals surface area contributed by atoms with Crippen molar-refractivity contribution in [1.82, 2.24) is 34.4 Å². The van der Waals surface area contributed by atoms with E-state index in [9.17, 15) is 4.79 Å². The van der Waals surface area contributed by atoms with Gasteiger partial charge in [0.2, 0.25) is 0 Å². The van der Waals surface area contributed by atoms with E-state index < -0.39 is 0 Å². The molecule has 158 valence electrons. The lowest BCUT2D eigenvalue weighted by molar-refractivity contribution is 0.0735. The molecule has 0 spiro atoms. The number of carbonyl (C=O) groups is 1. The van der Waals surface area contributed by atoms with Crippen molar-refractivity contribution in [2.45, 2.75) is 6.92 Å². The van der Waals surface area contributed by atoms with E-state index in [2.05, 4.69) is 25.1 Å². The van der Waals surface area contributed by atoms with E-state index in [1.165, 1.54) is 0 Å². The minimum absolute atomic E-state index is 0.00727. The lowest BCUT2D eigenvalue weighted by Crippen LogP contribution is -2.49. The highest BCUT2D eigenvalue weighted by Gasteiger charge is 2.26. The number of carbonyl (C=O) groups excluding carboxylic acids is 1. The average molecular weight is 435 g/mol. The Morgan fingerprint density at radius 1 is 1.03 bits per heavy atom. The third-order valence-electron chi connectivity index (χ3n) is 5.36. The average Bonchev–Trinajstić information content (AvgIpc) is 3.55. The summed E-state index contributed by atoms with van der Waals surface area (Å²) >= 11 is 1.62. The van der Waals surface area contributed by atoms with Crippen LogP contribution in [0.15, 0.2) is 48.2 Å². The van der Waals surface area contributed by atoms with Crippen LogP contribution in [0.4, 0.5) is 5.82 Å². The number of thiophene rings is 1. The summed E-state index contributed by atoms with van der Waals surface area (Å²) in [6, 6.07) is 9.75. The van der Waals surface area contributed by atoms with E-state index in [1.807, 2.05) is 60.8 Å². The molecule has 1 aliphatic rings. The zero-order valence-corrected chi connectivity index (χ0v) is 18.2. The number of rotatable bonds is 4. The van der Waals surface area contributed by atoms with Crippen molar-refractivity contribution < 1.29 is 4.79 Å². The van der Waals surface area contributed by atoms with Gasteiger partial charge in [0, 0.05) is 45.5 Å².